The van der Waals surface area contributed by atoms with Gasteiger partial charge in [-0.3, -0.25) is 14.8 Å². The van der Waals surface area contributed by atoms with Gasteiger partial charge in [-0.15, -0.1) is 0 Å². The monoisotopic (exact) mass is 698 g/mol. The van der Waals surface area contributed by atoms with Crippen LogP contribution < -0.4 is 5.32 Å². The van der Waals surface area contributed by atoms with Gasteiger partial charge in [0.25, 0.3) is 5.91 Å². The van der Waals surface area contributed by atoms with Crippen LogP contribution in [0.25, 0.3) is 43.5 Å². The molecule has 0 radical (unpaired) electrons. The Balaban J connectivity index is 1.03. The summed E-state index contributed by atoms with van der Waals surface area (Å²) >= 11 is 1.36. The van der Waals surface area contributed by atoms with Crippen LogP contribution in [0.2, 0.25) is 0 Å². The maximum absolute atomic E-state index is 13.5. The van der Waals surface area contributed by atoms with Gasteiger partial charge in [0.2, 0.25) is 0 Å². The number of anilines is 1. The van der Waals surface area contributed by atoms with Crippen molar-refractivity contribution < 1.29 is 19.4 Å². The van der Waals surface area contributed by atoms with Gasteiger partial charge in [0.05, 0.1) is 22.2 Å². The Morgan fingerprint density at radius 1 is 0.980 bits per heavy atom. The van der Waals surface area contributed by atoms with Crippen molar-refractivity contribution in [2.75, 3.05) is 12.4 Å². The van der Waals surface area contributed by atoms with Gasteiger partial charge in [-0.25, -0.2) is 14.8 Å². The smallest absolute Gasteiger partial charge is 0.355 e. The predicted octanol–water partition coefficient (Wildman–Crippen LogP) is 8.40. The van der Waals surface area contributed by atoms with Crippen LogP contribution in [0.15, 0.2) is 73.1 Å². The fourth-order valence-electron chi connectivity index (χ4n) is 10.5. The number of benzene rings is 2. The summed E-state index contributed by atoms with van der Waals surface area (Å²) in [7, 11) is 1.87. The van der Waals surface area contributed by atoms with Gasteiger partial charge in [-0.05, 0) is 102 Å². The number of rotatable bonds is 8. The second-order valence-electron chi connectivity index (χ2n) is 15.7. The first kappa shape index (κ1) is 31.9. The zero-order valence-electron chi connectivity index (χ0n) is 29.0. The topological polar surface area (TPSA) is 132 Å². The Morgan fingerprint density at radius 3 is 2.65 bits per heavy atom. The van der Waals surface area contributed by atoms with Crippen molar-refractivity contribution in [3.63, 3.8) is 0 Å². The highest BCUT2D eigenvalue weighted by Crippen LogP contribution is 2.78. The van der Waals surface area contributed by atoms with E-state index in [9.17, 15) is 14.7 Å². The highest BCUT2D eigenvalue weighted by atomic mass is 32.1. The third kappa shape index (κ3) is 4.92. The van der Waals surface area contributed by atoms with Crippen LogP contribution in [-0.2, 0) is 11.3 Å². The number of nitrogens with one attached hydrogen (secondary N) is 1. The molecular formula is C40H38N6O4S. The Kier molecular flexibility index (Phi) is 6.89. The van der Waals surface area contributed by atoms with E-state index in [0.29, 0.717) is 33.2 Å². The standard InChI is InChI=1S/C40H38N6O4S/c1-23-29(16-42-46(23)22-39-18-37(2)17-38(39,3)20-40(19-37,21-39)50-4)26-12-13-30(43-32(26)35(48)49)25-11-10-24-7-5-8-27(28(24)15-25)34(47)45-36-44-33-31(51-36)9-6-14-41-33/h5-16H,17-22H2,1-4H3,(H,48,49)(H,41,44,45,47). The molecule has 4 aliphatic rings. The molecule has 6 aromatic rings. The van der Waals surface area contributed by atoms with Gasteiger partial charge in [0, 0.05) is 47.8 Å². The van der Waals surface area contributed by atoms with Gasteiger partial charge in [-0.1, -0.05) is 49.4 Å². The molecule has 0 spiro atoms. The van der Waals surface area contributed by atoms with E-state index in [1.165, 1.54) is 17.8 Å². The van der Waals surface area contributed by atoms with Gasteiger partial charge in [0.1, 0.15) is 0 Å². The van der Waals surface area contributed by atoms with E-state index >= 15 is 0 Å². The summed E-state index contributed by atoms with van der Waals surface area (Å²) in [5.41, 5.74) is 4.90. The van der Waals surface area contributed by atoms with Crippen LogP contribution in [0.4, 0.5) is 5.13 Å². The molecule has 4 aliphatic carbocycles. The van der Waals surface area contributed by atoms with Gasteiger partial charge in [0.15, 0.2) is 16.5 Å². The summed E-state index contributed by atoms with van der Waals surface area (Å²) in [6.45, 7) is 7.66. The number of fused-ring (bicyclic) bond motifs is 2. The molecule has 4 atom stereocenters. The number of pyridine rings is 2. The molecule has 4 aromatic heterocycles. The van der Waals surface area contributed by atoms with Crippen LogP contribution in [0.5, 0.6) is 0 Å². The Bertz CT molecular complexity index is 2410. The van der Waals surface area contributed by atoms with Gasteiger partial charge >= 0.3 is 5.97 Å². The summed E-state index contributed by atoms with van der Waals surface area (Å²) in [5.74, 6) is -1.41. The lowest BCUT2D eigenvalue weighted by Crippen LogP contribution is -2.43. The number of thiazole rings is 1. The number of ether oxygens (including phenoxy) is 1. The lowest BCUT2D eigenvalue weighted by Gasteiger charge is -2.45. The highest BCUT2D eigenvalue weighted by molar-refractivity contribution is 7.22. The first-order valence-corrected chi connectivity index (χ1v) is 18.1. The number of methoxy groups -OCH3 is 1. The maximum atomic E-state index is 13.5. The Morgan fingerprint density at radius 2 is 1.84 bits per heavy atom. The molecule has 4 unspecified atom stereocenters. The van der Waals surface area contributed by atoms with E-state index in [2.05, 4.69) is 38.8 Å². The number of nitrogens with zero attached hydrogens (tertiary/aromatic N) is 5. The highest BCUT2D eigenvalue weighted by Gasteiger charge is 2.73. The first-order valence-electron chi connectivity index (χ1n) is 17.3. The largest absolute Gasteiger partial charge is 0.476 e. The van der Waals surface area contributed by atoms with E-state index in [1.54, 1.807) is 18.5 Å². The maximum Gasteiger partial charge on any atom is 0.355 e. The number of amides is 1. The van der Waals surface area contributed by atoms with Crippen LogP contribution in [0.1, 0.15) is 72.5 Å². The number of carbonyl (C=O) groups is 2. The van der Waals surface area contributed by atoms with Crippen LogP contribution in [0.3, 0.4) is 0 Å². The van der Waals surface area contributed by atoms with Crippen molar-refractivity contribution in [2.24, 2.45) is 16.2 Å². The number of carboxylic acid groups (broad SMARTS) is 1. The predicted molar refractivity (Wildman–Crippen MR) is 197 cm³/mol. The number of carboxylic acids is 1. The minimum absolute atomic E-state index is 0.0393. The van der Waals surface area contributed by atoms with Crippen molar-refractivity contribution in [3.8, 4) is 22.4 Å². The average Bonchev–Trinajstić information content (AvgIpc) is 3.76. The van der Waals surface area contributed by atoms with Crippen molar-refractivity contribution >= 4 is 49.5 Å². The van der Waals surface area contributed by atoms with E-state index in [1.807, 2.05) is 68.6 Å². The normalized spacial score (nSPS) is 26.4. The molecule has 11 heteroatoms. The third-order valence-electron chi connectivity index (χ3n) is 12.2. The zero-order valence-corrected chi connectivity index (χ0v) is 29.8. The molecule has 4 saturated carbocycles. The van der Waals surface area contributed by atoms with Crippen LogP contribution in [0, 0.1) is 23.2 Å². The lowest BCUT2D eigenvalue weighted by atomic mass is 9.65. The first-order chi connectivity index (χ1) is 24.4. The molecule has 10 rings (SSSR count). The van der Waals surface area contributed by atoms with Crippen molar-refractivity contribution in [3.05, 3.63) is 90.0 Å². The van der Waals surface area contributed by atoms with Crippen LogP contribution >= 0.6 is 11.3 Å². The van der Waals surface area contributed by atoms with E-state index in [-0.39, 0.29) is 33.4 Å². The Hall–Kier alpha value is -5.00. The molecule has 2 N–H and O–H groups in total. The van der Waals surface area contributed by atoms with Crippen molar-refractivity contribution in [1.82, 2.24) is 24.7 Å². The summed E-state index contributed by atoms with van der Waals surface area (Å²) in [6.07, 6.45) is 9.04. The molecule has 258 valence electrons. The summed E-state index contributed by atoms with van der Waals surface area (Å²) in [5, 5.41) is 20.2. The molecule has 4 fully saturated rings. The molecule has 10 nitrogen and oxygen atoms in total. The van der Waals surface area contributed by atoms with Crippen molar-refractivity contribution in [1.29, 1.82) is 0 Å². The lowest BCUT2D eigenvalue weighted by molar-refractivity contribution is -0.0865. The Labute approximate surface area is 298 Å². The van der Waals surface area contributed by atoms with E-state index < -0.39 is 5.97 Å². The molecular weight excluding hydrogens is 661 g/mol. The summed E-state index contributed by atoms with van der Waals surface area (Å²) in [6, 6.07) is 18.7. The molecule has 4 bridgehead atoms. The minimum atomic E-state index is -1.11. The summed E-state index contributed by atoms with van der Waals surface area (Å²) < 4.78 is 9.17. The van der Waals surface area contributed by atoms with Gasteiger partial charge < -0.3 is 9.84 Å². The van der Waals surface area contributed by atoms with E-state index in [4.69, 9.17) is 9.84 Å². The number of hydrogen-bond donors (Lipinski definition) is 2. The summed E-state index contributed by atoms with van der Waals surface area (Å²) in [4.78, 5) is 39.6. The quantitative estimate of drug-likeness (QED) is 0.162. The second kappa shape index (κ2) is 11.0. The number of carbonyl (C=O) groups excluding carboxylic acids is 1. The fraction of sp³-hybridized carbons (Fsp3) is 0.350. The number of aromatic carboxylic acids is 1. The van der Waals surface area contributed by atoms with Crippen LogP contribution in [-0.4, -0.2) is 54.4 Å². The number of hydrogen-bond acceptors (Lipinski definition) is 8. The molecule has 2 aromatic carbocycles. The third-order valence-corrected chi connectivity index (χ3v) is 13.1. The molecule has 0 aliphatic heterocycles. The zero-order chi connectivity index (χ0) is 35.3. The second-order valence-corrected chi connectivity index (χ2v) is 16.7. The molecule has 51 heavy (non-hydrogen) atoms. The fourth-order valence-corrected chi connectivity index (χ4v) is 11.3. The number of aromatic nitrogens is 5. The molecule has 1 amide bonds. The molecule has 0 saturated heterocycles. The molecule has 4 heterocycles. The average molecular weight is 699 g/mol. The van der Waals surface area contributed by atoms with E-state index in [0.717, 1.165) is 59.0 Å². The SMILES string of the molecule is COC12CC3(C)CC(C)(C1)C(Cn1ncc(-c4ccc(-c5ccc6cccc(C(=O)Nc7nc8ncccc8s7)c6c5)nc4C(=O)O)c1C)(C3)C2. The van der Waals surface area contributed by atoms with Crippen molar-refractivity contribution in [2.45, 2.75) is 65.0 Å². The minimum Gasteiger partial charge on any atom is -0.476 e. The van der Waals surface area contributed by atoms with Gasteiger partial charge in [-0.2, -0.15) is 10.1 Å².